The Balaban J connectivity index is 2.14. The maximum Gasteiger partial charge on any atom is 0.222 e. The van der Waals surface area contributed by atoms with Crippen LogP contribution >= 0.6 is 0 Å². The van der Waals surface area contributed by atoms with Gasteiger partial charge >= 0.3 is 0 Å². The molecular weight excluding hydrogens is 224 g/mol. The molecule has 0 aromatic rings. The van der Waals surface area contributed by atoms with E-state index in [4.69, 9.17) is 9.47 Å². The topological polar surface area (TPSA) is 67.9 Å². The van der Waals surface area contributed by atoms with Crippen LogP contribution in [-0.4, -0.2) is 56.9 Å². The smallest absolute Gasteiger partial charge is 0.222 e. The monoisotopic (exact) mass is 244 g/mol. The van der Waals surface area contributed by atoms with Crippen molar-refractivity contribution in [3.63, 3.8) is 0 Å². The van der Waals surface area contributed by atoms with Gasteiger partial charge < -0.3 is 19.7 Å². The SMILES string of the molecule is COC(CNC(=O)CCN1CCCC1=O)OC. The van der Waals surface area contributed by atoms with Crippen molar-refractivity contribution in [2.24, 2.45) is 0 Å². The molecule has 2 amide bonds. The van der Waals surface area contributed by atoms with Gasteiger partial charge in [0.25, 0.3) is 0 Å². The first kappa shape index (κ1) is 13.9. The molecule has 0 aromatic heterocycles. The summed E-state index contributed by atoms with van der Waals surface area (Å²) in [5, 5.41) is 2.70. The van der Waals surface area contributed by atoms with Crippen LogP contribution in [0.25, 0.3) is 0 Å². The Morgan fingerprint density at radius 2 is 2.18 bits per heavy atom. The van der Waals surface area contributed by atoms with E-state index in [9.17, 15) is 9.59 Å². The number of carbonyl (C=O) groups excluding carboxylic acids is 2. The second-order valence-corrected chi connectivity index (χ2v) is 3.94. The largest absolute Gasteiger partial charge is 0.354 e. The van der Waals surface area contributed by atoms with Crippen LogP contribution in [0.2, 0.25) is 0 Å². The van der Waals surface area contributed by atoms with Crippen molar-refractivity contribution < 1.29 is 19.1 Å². The lowest BCUT2D eigenvalue weighted by Crippen LogP contribution is -2.36. The summed E-state index contributed by atoms with van der Waals surface area (Å²) in [6.45, 7) is 1.58. The molecule has 0 bridgehead atoms. The molecule has 6 heteroatoms. The summed E-state index contributed by atoms with van der Waals surface area (Å²) < 4.78 is 9.89. The van der Waals surface area contributed by atoms with E-state index in [-0.39, 0.29) is 11.8 Å². The van der Waals surface area contributed by atoms with Gasteiger partial charge in [0.2, 0.25) is 11.8 Å². The number of nitrogens with zero attached hydrogens (tertiary/aromatic N) is 1. The zero-order valence-electron chi connectivity index (χ0n) is 10.4. The van der Waals surface area contributed by atoms with Crippen molar-refractivity contribution in [1.82, 2.24) is 10.2 Å². The molecule has 1 heterocycles. The van der Waals surface area contributed by atoms with Crippen molar-refractivity contribution in [3.05, 3.63) is 0 Å². The summed E-state index contributed by atoms with van der Waals surface area (Å²) in [7, 11) is 3.03. The Kier molecular flexibility index (Phi) is 5.93. The van der Waals surface area contributed by atoms with Crippen molar-refractivity contribution in [2.75, 3.05) is 33.9 Å². The Labute approximate surface area is 101 Å². The highest BCUT2D eigenvalue weighted by atomic mass is 16.7. The van der Waals surface area contributed by atoms with Crippen LogP contribution in [0.5, 0.6) is 0 Å². The number of carbonyl (C=O) groups is 2. The first-order valence-electron chi connectivity index (χ1n) is 5.77. The van der Waals surface area contributed by atoms with Gasteiger partial charge in [0, 0.05) is 40.2 Å². The summed E-state index contributed by atoms with van der Waals surface area (Å²) in [4.78, 5) is 24.5. The van der Waals surface area contributed by atoms with Crippen LogP contribution in [0.4, 0.5) is 0 Å². The minimum Gasteiger partial charge on any atom is -0.354 e. The maximum absolute atomic E-state index is 11.5. The molecule has 0 aliphatic carbocycles. The number of hydrogen-bond donors (Lipinski definition) is 1. The molecule has 1 N–H and O–H groups in total. The van der Waals surface area contributed by atoms with E-state index < -0.39 is 6.29 Å². The molecule has 1 rings (SSSR count). The Hall–Kier alpha value is -1.14. The number of likely N-dealkylation sites (tertiary alicyclic amines) is 1. The highest BCUT2D eigenvalue weighted by Gasteiger charge is 2.20. The van der Waals surface area contributed by atoms with Gasteiger partial charge in [-0.3, -0.25) is 9.59 Å². The quantitative estimate of drug-likeness (QED) is 0.626. The van der Waals surface area contributed by atoms with E-state index >= 15 is 0 Å². The van der Waals surface area contributed by atoms with Gasteiger partial charge in [-0.2, -0.15) is 0 Å². The molecule has 0 aromatic carbocycles. The van der Waals surface area contributed by atoms with Gasteiger partial charge in [0.15, 0.2) is 6.29 Å². The molecule has 6 nitrogen and oxygen atoms in total. The zero-order valence-corrected chi connectivity index (χ0v) is 10.4. The normalized spacial score (nSPS) is 15.7. The Morgan fingerprint density at radius 1 is 1.47 bits per heavy atom. The second-order valence-electron chi connectivity index (χ2n) is 3.94. The minimum atomic E-state index is -0.424. The fourth-order valence-electron chi connectivity index (χ4n) is 1.73. The minimum absolute atomic E-state index is 0.0937. The fourth-order valence-corrected chi connectivity index (χ4v) is 1.73. The average Bonchev–Trinajstić information content (AvgIpc) is 2.73. The van der Waals surface area contributed by atoms with Gasteiger partial charge in [0.05, 0.1) is 6.54 Å². The molecule has 1 aliphatic rings. The third-order valence-electron chi connectivity index (χ3n) is 2.77. The van der Waals surface area contributed by atoms with E-state index in [1.165, 1.54) is 14.2 Å². The summed E-state index contributed by atoms with van der Waals surface area (Å²) in [6.07, 6.45) is 1.41. The van der Waals surface area contributed by atoms with Gasteiger partial charge in [0.1, 0.15) is 0 Å². The molecule has 0 spiro atoms. The molecular formula is C11H20N2O4. The van der Waals surface area contributed by atoms with Crippen molar-refractivity contribution >= 4 is 11.8 Å². The molecule has 17 heavy (non-hydrogen) atoms. The van der Waals surface area contributed by atoms with Gasteiger partial charge in [-0.25, -0.2) is 0 Å². The lowest BCUT2D eigenvalue weighted by molar-refractivity contribution is -0.130. The van der Waals surface area contributed by atoms with Crippen LogP contribution < -0.4 is 5.32 Å². The zero-order chi connectivity index (χ0) is 12.7. The van der Waals surface area contributed by atoms with Gasteiger partial charge in [-0.15, -0.1) is 0 Å². The summed E-state index contributed by atoms with van der Waals surface area (Å²) in [5.41, 5.74) is 0. The van der Waals surface area contributed by atoms with Gasteiger partial charge in [-0.1, -0.05) is 0 Å². The number of hydrogen-bond acceptors (Lipinski definition) is 4. The number of amides is 2. The molecule has 0 atom stereocenters. The van der Waals surface area contributed by atoms with E-state index in [0.29, 0.717) is 25.9 Å². The molecule has 98 valence electrons. The molecule has 1 saturated heterocycles. The third kappa shape index (κ3) is 4.70. The van der Waals surface area contributed by atoms with E-state index in [2.05, 4.69) is 5.32 Å². The van der Waals surface area contributed by atoms with Crippen molar-refractivity contribution in [1.29, 1.82) is 0 Å². The van der Waals surface area contributed by atoms with Crippen LogP contribution in [0, 0.1) is 0 Å². The Morgan fingerprint density at radius 3 is 2.71 bits per heavy atom. The lowest BCUT2D eigenvalue weighted by Gasteiger charge is -2.16. The highest BCUT2D eigenvalue weighted by Crippen LogP contribution is 2.09. The Bertz CT molecular complexity index is 266. The lowest BCUT2D eigenvalue weighted by atomic mass is 10.3. The first-order valence-corrected chi connectivity index (χ1v) is 5.77. The second kappa shape index (κ2) is 7.24. The van der Waals surface area contributed by atoms with Crippen molar-refractivity contribution in [2.45, 2.75) is 25.6 Å². The van der Waals surface area contributed by atoms with E-state index in [1.54, 1.807) is 4.90 Å². The molecule has 0 radical (unpaired) electrons. The van der Waals surface area contributed by atoms with E-state index in [1.807, 2.05) is 0 Å². The number of ether oxygens (including phenoxy) is 2. The number of methoxy groups -OCH3 is 2. The highest BCUT2D eigenvalue weighted by molar-refractivity contribution is 5.80. The van der Waals surface area contributed by atoms with Crippen LogP contribution in [-0.2, 0) is 19.1 Å². The van der Waals surface area contributed by atoms with Crippen LogP contribution in [0.3, 0.4) is 0 Å². The maximum atomic E-state index is 11.5. The number of rotatable bonds is 7. The average molecular weight is 244 g/mol. The predicted octanol–water partition coefficient (Wildman–Crippen LogP) is -0.266. The summed E-state index contributed by atoms with van der Waals surface area (Å²) in [5.74, 6) is 0.0493. The number of nitrogens with one attached hydrogen (secondary N) is 1. The van der Waals surface area contributed by atoms with Crippen molar-refractivity contribution in [3.8, 4) is 0 Å². The molecule has 0 saturated carbocycles. The molecule has 0 unspecified atom stereocenters. The molecule has 1 fully saturated rings. The summed E-state index contributed by atoms with van der Waals surface area (Å²) in [6, 6.07) is 0. The molecule has 1 aliphatic heterocycles. The fraction of sp³-hybridized carbons (Fsp3) is 0.818. The standard InChI is InChI=1S/C11H20N2O4/c1-16-11(17-2)8-12-9(14)5-7-13-6-3-4-10(13)15/h11H,3-8H2,1-2H3,(H,12,14). The first-order chi connectivity index (χ1) is 8.17. The third-order valence-corrected chi connectivity index (χ3v) is 2.77. The van der Waals surface area contributed by atoms with E-state index in [0.717, 1.165) is 13.0 Å². The van der Waals surface area contributed by atoms with Crippen LogP contribution in [0.15, 0.2) is 0 Å². The van der Waals surface area contributed by atoms with Gasteiger partial charge in [-0.05, 0) is 6.42 Å². The summed E-state index contributed by atoms with van der Waals surface area (Å²) >= 11 is 0. The van der Waals surface area contributed by atoms with Crippen LogP contribution in [0.1, 0.15) is 19.3 Å². The predicted molar refractivity (Wildman–Crippen MR) is 61.2 cm³/mol.